The number of carbonyl (C=O) groups excluding carboxylic acids is 1. The van der Waals surface area contributed by atoms with Gasteiger partial charge in [-0.25, -0.2) is 8.42 Å². The van der Waals surface area contributed by atoms with Crippen LogP contribution in [0.25, 0.3) is 0 Å². The van der Waals surface area contributed by atoms with Gasteiger partial charge in [-0.1, -0.05) is 29.8 Å². The van der Waals surface area contributed by atoms with Gasteiger partial charge in [0, 0.05) is 42.8 Å². The molecule has 0 aliphatic carbocycles. The van der Waals surface area contributed by atoms with Crippen LogP contribution in [0.5, 0.6) is 0 Å². The topological polar surface area (TPSA) is 54.5 Å². The molecule has 1 saturated heterocycles. The molecule has 1 aliphatic rings. The Kier molecular flexibility index (Phi) is 5.46. The molecule has 0 saturated carbocycles. The number of aryl methyl sites for hydroxylation is 1. The highest BCUT2D eigenvalue weighted by atomic mass is 32.2. The van der Waals surface area contributed by atoms with Crippen molar-refractivity contribution in [3.63, 3.8) is 0 Å². The van der Waals surface area contributed by atoms with E-state index in [1.807, 2.05) is 36.1 Å². The number of benzene rings is 1. The number of hydrogen-bond donors (Lipinski definition) is 0. The summed E-state index contributed by atoms with van der Waals surface area (Å²) in [5, 5.41) is -0.456. The lowest BCUT2D eigenvalue weighted by Crippen LogP contribution is -2.47. The van der Waals surface area contributed by atoms with E-state index in [0.717, 1.165) is 17.9 Å². The van der Waals surface area contributed by atoms with Crippen LogP contribution in [-0.2, 0) is 9.84 Å². The molecule has 1 heterocycles. The van der Waals surface area contributed by atoms with Crippen molar-refractivity contribution < 1.29 is 13.2 Å². The van der Waals surface area contributed by atoms with Gasteiger partial charge < -0.3 is 0 Å². The van der Waals surface area contributed by atoms with Crippen LogP contribution in [0.3, 0.4) is 0 Å². The first-order valence-electron chi connectivity index (χ1n) is 6.98. The minimum atomic E-state index is -3.10. The van der Waals surface area contributed by atoms with Gasteiger partial charge in [-0.15, -0.1) is 0 Å². The molecule has 0 bridgehead atoms. The van der Waals surface area contributed by atoms with Crippen molar-refractivity contribution in [3.05, 3.63) is 35.4 Å². The predicted octanol–water partition coefficient (Wildman–Crippen LogP) is 1.99. The average molecular weight is 327 g/mol. The molecule has 0 spiro atoms. The van der Waals surface area contributed by atoms with Crippen LogP contribution < -0.4 is 0 Å². The summed E-state index contributed by atoms with van der Waals surface area (Å²) in [6.07, 6.45) is 1.64. The van der Waals surface area contributed by atoms with Gasteiger partial charge >= 0.3 is 0 Å². The molecule has 1 aliphatic heterocycles. The zero-order chi connectivity index (χ0) is 15.5. The van der Waals surface area contributed by atoms with E-state index in [1.54, 1.807) is 11.8 Å². The van der Waals surface area contributed by atoms with Crippen molar-refractivity contribution in [3.8, 4) is 0 Å². The summed E-state index contributed by atoms with van der Waals surface area (Å²) in [5.41, 5.74) is 1.82. The van der Waals surface area contributed by atoms with E-state index in [9.17, 15) is 13.2 Å². The van der Waals surface area contributed by atoms with E-state index < -0.39 is 15.2 Å². The monoisotopic (exact) mass is 327 g/mol. The molecule has 21 heavy (non-hydrogen) atoms. The third-order valence-corrected chi connectivity index (χ3v) is 6.37. The largest absolute Gasteiger partial charge is 0.294 e. The van der Waals surface area contributed by atoms with Crippen molar-refractivity contribution in [1.29, 1.82) is 0 Å². The Hall–Kier alpha value is -0.850. The van der Waals surface area contributed by atoms with Gasteiger partial charge in [-0.05, 0) is 6.92 Å². The number of sulfone groups is 1. The van der Waals surface area contributed by atoms with Gasteiger partial charge in [0.25, 0.3) is 0 Å². The molecule has 1 aromatic carbocycles. The molecule has 116 valence electrons. The van der Waals surface area contributed by atoms with Crippen LogP contribution in [0, 0.1) is 6.92 Å². The zero-order valence-electron chi connectivity index (χ0n) is 12.4. The quantitative estimate of drug-likeness (QED) is 0.774. The first-order chi connectivity index (χ1) is 9.88. The summed E-state index contributed by atoms with van der Waals surface area (Å²) in [4.78, 5) is 14.1. The van der Waals surface area contributed by atoms with Crippen molar-refractivity contribution in [2.75, 3.05) is 30.9 Å². The van der Waals surface area contributed by atoms with E-state index >= 15 is 0 Å². The average Bonchev–Trinajstić information content (AvgIpc) is 2.45. The molecule has 0 amide bonds. The number of rotatable bonds is 5. The Balaban J connectivity index is 1.97. The first kappa shape index (κ1) is 16.5. The Morgan fingerprint density at radius 2 is 2.00 bits per heavy atom. The Morgan fingerprint density at radius 1 is 1.33 bits per heavy atom. The molecule has 1 aromatic rings. The summed E-state index contributed by atoms with van der Waals surface area (Å²) in [6.45, 7) is 3.21. The van der Waals surface area contributed by atoms with Crippen LogP contribution in [0.1, 0.15) is 22.3 Å². The molecule has 4 nitrogen and oxygen atoms in total. The van der Waals surface area contributed by atoms with Crippen molar-refractivity contribution >= 4 is 27.4 Å². The fourth-order valence-corrected chi connectivity index (χ4v) is 5.37. The van der Waals surface area contributed by atoms with Crippen LogP contribution in [-0.4, -0.2) is 55.3 Å². The molecule has 0 radical (unpaired) electrons. The maximum atomic E-state index is 12.2. The number of thioether (sulfide) groups is 1. The van der Waals surface area contributed by atoms with Gasteiger partial charge in [-0.3, -0.25) is 9.69 Å². The fourth-order valence-electron chi connectivity index (χ4n) is 2.39. The second-order valence-corrected chi connectivity index (χ2v) is 8.79. The predicted molar refractivity (Wildman–Crippen MR) is 87.7 cm³/mol. The second-order valence-electron chi connectivity index (χ2n) is 5.43. The molecule has 1 unspecified atom stereocenters. The van der Waals surface area contributed by atoms with Crippen molar-refractivity contribution in [2.45, 2.75) is 18.7 Å². The van der Waals surface area contributed by atoms with Gasteiger partial charge in [-0.2, -0.15) is 11.8 Å². The van der Waals surface area contributed by atoms with Crippen molar-refractivity contribution in [1.82, 2.24) is 4.90 Å². The van der Waals surface area contributed by atoms with E-state index in [2.05, 4.69) is 0 Å². The Labute approximate surface area is 130 Å². The highest BCUT2D eigenvalue weighted by Crippen LogP contribution is 2.20. The minimum Gasteiger partial charge on any atom is -0.294 e. The Morgan fingerprint density at radius 3 is 2.62 bits per heavy atom. The lowest BCUT2D eigenvalue weighted by atomic mass is 10.1. The number of ketones is 1. The Bertz CT molecular complexity index is 596. The molecule has 1 atom stereocenters. The molecular weight excluding hydrogens is 306 g/mol. The van der Waals surface area contributed by atoms with Crippen LogP contribution in [0.4, 0.5) is 0 Å². The fraction of sp³-hybridized carbons (Fsp3) is 0.533. The number of Topliss-reactive ketones (excluding diaryl/α,β-unsaturated/α-hetero) is 1. The highest BCUT2D eigenvalue weighted by Gasteiger charge is 2.30. The van der Waals surface area contributed by atoms with E-state index in [4.69, 9.17) is 0 Å². The van der Waals surface area contributed by atoms with E-state index in [1.165, 1.54) is 6.26 Å². The lowest BCUT2D eigenvalue weighted by molar-refractivity contribution is 0.0963. The molecule has 2 rings (SSSR count). The van der Waals surface area contributed by atoms with Gasteiger partial charge in [0.05, 0.1) is 0 Å². The molecule has 6 heteroatoms. The SMILES string of the molecule is Cc1ccc(C(=O)CCN2CCSCC2S(C)(=O)=O)cc1. The molecule has 0 N–H and O–H groups in total. The minimum absolute atomic E-state index is 0.0699. The summed E-state index contributed by atoms with van der Waals surface area (Å²) in [6, 6.07) is 7.50. The zero-order valence-corrected chi connectivity index (χ0v) is 14.0. The van der Waals surface area contributed by atoms with Gasteiger partial charge in [0.1, 0.15) is 5.37 Å². The standard InChI is InChI=1S/C15H21NO3S2/c1-12-3-5-13(6-4-12)14(17)7-8-16-9-10-20-11-15(16)21(2,18)19/h3-6,15H,7-11H2,1-2H3. The lowest BCUT2D eigenvalue weighted by Gasteiger charge is -2.33. The normalized spacial score (nSPS) is 20.4. The van der Waals surface area contributed by atoms with Crippen LogP contribution in [0.15, 0.2) is 24.3 Å². The third kappa shape index (κ3) is 4.56. The van der Waals surface area contributed by atoms with Gasteiger partial charge in [0.15, 0.2) is 15.6 Å². The smallest absolute Gasteiger partial charge is 0.164 e. The van der Waals surface area contributed by atoms with E-state index in [0.29, 0.717) is 24.3 Å². The maximum Gasteiger partial charge on any atom is 0.164 e. The van der Waals surface area contributed by atoms with Crippen molar-refractivity contribution in [2.24, 2.45) is 0 Å². The van der Waals surface area contributed by atoms with Crippen LogP contribution in [0.2, 0.25) is 0 Å². The summed E-state index contributed by atoms with van der Waals surface area (Å²) in [7, 11) is -3.10. The molecular formula is C15H21NO3S2. The molecule has 0 aromatic heterocycles. The van der Waals surface area contributed by atoms with Crippen LogP contribution >= 0.6 is 11.8 Å². The summed E-state index contributed by atoms with van der Waals surface area (Å²) in [5.74, 6) is 1.59. The second kappa shape index (κ2) is 6.94. The maximum absolute atomic E-state index is 12.2. The van der Waals surface area contributed by atoms with E-state index in [-0.39, 0.29) is 5.78 Å². The highest BCUT2D eigenvalue weighted by molar-refractivity contribution is 8.00. The number of nitrogens with zero attached hydrogens (tertiary/aromatic N) is 1. The molecule has 1 fully saturated rings. The number of carbonyl (C=O) groups is 1. The summed E-state index contributed by atoms with van der Waals surface area (Å²) >= 11 is 1.66. The summed E-state index contributed by atoms with van der Waals surface area (Å²) < 4.78 is 23.6. The third-order valence-electron chi connectivity index (χ3n) is 3.68. The van der Waals surface area contributed by atoms with Gasteiger partial charge in [0.2, 0.25) is 0 Å². The first-order valence-corrected chi connectivity index (χ1v) is 10.1. The number of hydrogen-bond acceptors (Lipinski definition) is 5.